The van der Waals surface area contributed by atoms with Crippen molar-refractivity contribution in [2.75, 3.05) is 49.2 Å². The van der Waals surface area contributed by atoms with Gasteiger partial charge < -0.3 is 0 Å². The summed E-state index contributed by atoms with van der Waals surface area (Å²) >= 11 is 0. The quantitative estimate of drug-likeness (QED) is 0.0904. The zero-order chi connectivity index (χ0) is 28.4. The maximum absolute atomic E-state index is 11.9. The first-order chi connectivity index (χ1) is 17.3. The fourth-order valence-electron chi connectivity index (χ4n) is 2.22. The summed E-state index contributed by atoms with van der Waals surface area (Å²) in [6, 6.07) is 0. The van der Waals surface area contributed by atoms with Crippen LogP contribution in [0.4, 0.5) is 0 Å². The van der Waals surface area contributed by atoms with Crippen molar-refractivity contribution in [1.29, 1.82) is 0 Å². The van der Waals surface area contributed by atoms with Gasteiger partial charge in [-0.15, -0.1) is 0 Å². The molecule has 4 N–H and O–H groups in total. The Kier molecular flexibility index (Phi) is 19.1. The number of rotatable bonds is 20. The second-order valence-corrected chi connectivity index (χ2v) is 41.0. The van der Waals surface area contributed by atoms with E-state index >= 15 is 0 Å². The molecule has 208 valence electrons. The van der Waals surface area contributed by atoms with Gasteiger partial charge in [0.15, 0.2) is 0 Å². The van der Waals surface area contributed by atoms with Gasteiger partial charge in [0.05, 0.1) is 0 Å². The van der Waals surface area contributed by atoms with Crippen LogP contribution in [0.2, 0.25) is 0 Å². The Balaban J connectivity index is 5.37. The van der Waals surface area contributed by atoms with Crippen LogP contribution in [0.1, 0.15) is 27.7 Å². The number of carbonyl (C=O) groups is 4. The van der Waals surface area contributed by atoms with Gasteiger partial charge in [0, 0.05) is 0 Å². The molecular formula is C24H40GeN4O4S4. The molecule has 13 heteroatoms. The summed E-state index contributed by atoms with van der Waals surface area (Å²) in [5.41, 5.74) is 1.85. The molecule has 0 aromatic heterocycles. The second-order valence-electron chi connectivity index (χ2n) is 8.04. The van der Waals surface area contributed by atoms with Crippen molar-refractivity contribution in [2.24, 2.45) is 0 Å². The fourth-order valence-corrected chi connectivity index (χ4v) is 39.9. The maximum atomic E-state index is 11.9. The first kappa shape index (κ1) is 35.8. The van der Waals surface area contributed by atoms with Gasteiger partial charge in [0.2, 0.25) is 0 Å². The van der Waals surface area contributed by atoms with E-state index < -0.39 is 8.70 Å². The average molecular weight is 649 g/mol. The van der Waals surface area contributed by atoms with Crippen molar-refractivity contribution >= 4 is 72.7 Å². The Morgan fingerprint density at radius 1 is 0.486 bits per heavy atom. The van der Waals surface area contributed by atoms with Crippen LogP contribution in [-0.2, 0) is 19.2 Å². The van der Waals surface area contributed by atoms with Crippen LogP contribution in [0.15, 0.2) is 48.6 Å². The third-order valence-electron chi connectivity index (χ3n) is 4.22. The van der Waals surface area contributed by atoms with Gasteiger partial charge in [-0.05, 0) is 0 Å². The summed E-state index contributed by atoms with van der Waals surface area (Å²) in [4.78, 5) is 47.6. The van der Waals surface area contributed by atoms with Crippen LogP contribution >= 0.6 is 40.3 Å². The number of carbonyl (C=O) groups excluding carboxylic acids is 4. The van der Waals surface area contributed by atoms with E-state index in [1.54, 1.807) is 27.7 Å². The number of amides is 4. The van der Waals surface area contributed by atoms with E-state index in [9.17, 15) is 19.2 Å². The van der Waals surface area contributed by atoms with Gasteiger partial charge in [0.1, 0.15) is 0 Å². The molecule has 0 atom stereocenters. The van der Waals surface area contributed by atoms with Crippen molar-refractivity contribution < 1.29 is 19.2 Å². The SMILES string of the molecule is C=C(C)C(=O)NCC[S][Ge]([S]CCNC(=O)C(=C)C)([S]CCNC(=O)C(=C)C)[S]CCNC(=O)C(=C)C. The minimum absolute atomic E-state index is 0.167. The molecule has 0 aliphatic rings. The molecule has 0 aromatic carbocycles. The van der Waals surface area contributed by atoms with E-state index in [0.717, 1.165) is 23.0 Å². The Hall–Kier alpha value is -1.22. The van der Waals surface area contributed by atoms with Crippen LogP contribution in [0.3, 0.4) is 0 Å². The molecule has 0 aliphatic heterocycles. The zero-order valence-corrected chi connectivity index (χ0v) is 27.6. The summed E-state index contributed by atoms with van der Waals surface area (Å²) < 4.78 is 0. The second kappa shape index (κ2) is 19.8. The molecule has 0 radical (unpaired) electrons. The monoisotopic (exact) mass is 650 g/mol. The van der Waals surface area contributed by atoms with Gasteiger partial charge in [-0.3, -0.25) is 0 Å². The molecule has 0 unspecified atom stereocenters. The summed E-state index contributed by atoms with van der Waals surface area (Å²) in [6.45, 7) is 23.4. The van der Waals surface area contributed by atoms with Crippen molar-refractivity contribution in [2.45, 2.75) is 27.7 Å². The molecule has 0 aliphatic carbocycles. The Labute approximate surface area is 237 Å². The molecule has 0 heterocycles. The first-order valence-corrected chi connectivity index (χ1v) is 25.8. The molecule has 0 aromatic rings. The summed E-state index contributed by atoms with van der Waals surface area (Å²) in [6.07, 6.45) is 0. The van der Waals surface area contributed by atoms with Crippen LogP contribution in [0.25, 0.3) is 0 Å². The van der Waals surface area contributed by atoms with E-state index in [1.165, 1.54) is 0 Å². The van der Waals surface area contributed by atoms with Gasteiger partial charge in [-0.2, -0.15) is 0 Å². The van der Waals surface area contributed by atoms with E-state index in [-0.39, 0.29) is 23.6 Å². The van der Waals surface area contributed by atoms with Gasteiger partial charge in [-0.1, -0.05) is 0 Å². The van der Waals surface area contributed by atoms with Crippen LogP contribution in [0.5, 0.6) is 0 Å². The number of nitrogens with one attached hydrogen (secondary N) is 4. The molecule has 37 heavy (non-hydrogen) atoms. The molecule has 0 saturated carbocycles. The van der Waals surface area contributed by atoms with Crippen LogP contribution in [0, 0.1) is 0 Å². The van der Waals surface area contributed by atoms with Crippen molar-refractivity contribution in [3.8, 4) is 0 Å². The molecule has 0 saturated heterocycles. The topological polar surface area (TPSA) is 116 Å². The van der Waals surface area contributed by atoms with E-state index in [4.69, 9.17) is 0 Å². The fraction of sp³-hybridized carbons (Fsp3) is 0.500. The van der Waals surface area contributed by atoms with Gasteiger partial charge >= 0.3 is 239 Å². The average Bonchev–Trinajstić information content (AvgIpc) is 2.83. The summed E-state index contributed by atoms with van der Waals surface area (Å²) in [5.74, 6) is 2.22. The normalized spacial score (nSPS) is 10.7. The van der Waals surface area contributed by atoms with Gasteiger partial charge in [-0.25, -0.2) is 0 Å². The predicted octanol–water partition coefficient (Wildman–Crippen LogP) is 3.12. The molecule has 4 amide bonds. The van der Waals surface area contributed by atoms with Crippen molar-refractivity contribution in [1.82, 2.24) is 21.3 Å². The molecule has 0 spiro atoms. The third-order valence-corrected chi connectivity index (χ3v) is 43.3. The van der Waals surface area contributed by atoms with Crippen molar-refractivity contribution in [3.05, 3.63) is 48.6 Å². The molecule has 0 rings (SSSR count). The third kappa shape index (κ3) is 17.1. The van der Waals surface area contributed by atoms with E-state index in [0.29, 0.717) is 48.5 Å². The minimum atomic E-state index is -2.85. The number of hydrogen-bond donors (Lipinski definition) is 4. The van der Waals surface area contributed by atoms with Crippen LogP contribution in [-0.4, -0.2) is 81.5 Å². The van der Waals surface area contributed by atoms with E-state index in [1.807, 2.05) is 40.3 Å². The number of hydrogen-bond acceptors (Lipinski definition) is 8. The zero-order valence-electron chi connectivity index (χ0n) is 22.3. The van der Waals surface area contributed by atoms with Crippen molar-refractivity contribution in [3.63, 3.8) is 0 Å². The Morgan fingerprint density at radius 3 is 0.838 bits per heavy atom. The van der Waals surface area contributed by atoms with Gasteiger partial charge in [0.25, 0.3) is 0 Å². The standard InChI is InChI=1S/C24H40GeN4O4S4/c1-17(2)21(30)26-9-13-34-25(35-14-10-27-22(31)18(3)4,36-15-11-28-23(32)19(5)6)37-16-12-29-24(33)20(7)8/h1,3,5,7,9-16H2,2,4,6,8H3,(H,26,30)(H,27,31)(H,28,32)(H,29,33). The van der Waals surface area contributed by atoms with Crippen LogP contribution < -0.4 is 21.3 Å². The molecule has 8 nitrogen and oxygen atoms in total. The molecule has 0 fully saturated rings. The molecular weight excluding hydrogens is 609 g/mol. The summed E-state index contributed by atoms with van der Waals surface area (Å²) in [5, 5.41) is 11.5. The van der Waals surface area contributed by atoms with E-state index in [2.05, 4.69) is 47.6 Å². The predicted molar refractivity (Wildman–Crippen MR) is 167 cm³/mol. The Morgan fingerprint density at radius 2 is 0.676 bits per heavy atom. The summed E-state index contributed by atoms with van der Waals surface area (Å²) in [7, 11) is 4.58. The molecule has 0 bridgehead atoms. The first-order valence-electron chi connectivity index (χ1n) is 11.6. The Bertz CT molecular complexity index is 741.